The summed E-state index contributed by atoms with van der Waals surface area (Å²) < 4.78 is 24.0. The van der Waals surface area contributed by atoms with Gasteiger partial charge in [-0.3, -0.25) is 10.1 Å². The van der Waals surface area contributed by atoms with E-state index in [0.717, 1.165) is 6.42 Å². The van der Waals surface area contributed by atoms with Crippen LogP contribution in [0.25, 0.3) is 0 Å². The first kappa shape index (κ1) is 15.8. The van der Waals surface area contributed by atoms with Crippen LogP contribution in [0.5, 0.6) is 0 Å². The van der Waals surface area contributed by atoms with E-state index >= 15 is 0 Å². The van der Waals surface area contributed by atoms with Gasteiger partial charge < -0.3 is 4.90 Å². The van der Waals surface area contributed by atoms with E-state index in [9.17, 15) is 13.2 Å². The van der Waals surface area contributed by atoms with Crippen molar-refractivity contribution in [2.75, 3.05) is 12.3 Å². The number of nitrogens with zero attached hydrogens (tertiary/aromatic N) is 1. The number of rotatable bonds is 4. The topological polar surface area (TPSA) is 66.5 Å². The Morgan fingerprint density at radius 2 is 1.90 bits per heavy atom. The Morgan fingerprint density at radius 3 is 2.35 bits per heavy atom. The molecule has 116 valence electrons. The maximum atomic E-state index is 12.5. The number of carbonyl (C=O) groups is 1. The highest BCUT2D eigenvalue weighted by molar-refractivity contribution is 7.92. The van der Waals surface area contributed by atoms with Crippen LogP contribution in [0.1, 0.15) is 40.5 Å². The second-order valence-corrected chi connectivity index (χ2v) is 9.10. The molecule has 0 aromatic rings. The molecule has 2 rings (SSSR count). The first-order valence-corrected chi connectivity index (χ1v) is 9.23. The lowest BCUT2D eigenvalue weighted by Crippen LogP contribution is -2.45. The van der Waals surface area contributed by atoms with Crippen LogP contribution in [-0.4, -0.2) is 49.0 Å². The largest absolute Gasteiger partial charge is 0.324 e. The summed E-state index contributed by atoms with van der Waals surface area (Å²) in [5, 5.41) is 3.00. The first-order valence-electron chi connectivity index (χ1n) is 7.52. The van der Waals surface area contributed by atoms with Gasteiger partial charge >= 0.3 is 0 Å². The van der Waals surface area contributed by atoms with Gasteiger partial charge in [-0.15, -0.1) is 0 Å². The lowest BCUT2D eigenvalue weighted by molar-refractivity contribution is -0.131. The van der Waals surface area contributed by atoms with Gasteiger partial charge in [0.25, 0.3) is 0 Å². The van der Waals surface area contributed by atoms with Crippen molar-refractivity contribution >= 4 is 15.7 Å². The molecule has 2 saturated heterocycles. The number of sulfone groups is 1. The predicted octanol–water partition coefficient (Wildman–Crippen LogP) is 1.00. The maximum Gasteiger partial charge on any atom is 0.241 e. The van der Waals surface area contributed by atoms with E-state index in [1.54, 1.807) is 4.90 Å². The van der Waals surface area contributed by atoms with Crippen LogP contribution in [0.3, 0.4) is 0 Å². The molecule has 2 fully saturated rings. The van der Waals surface area contributed by atoms with Crippen molar-refractivity contribution in [3.05, 3.63) is 0 Å². The molecule has 0 aromatic carbocycles. The predicted molar refractivity (Wildman–Crippen MR) is 78.9 cm³/mol. The highest BCUT2D eigenvalue weighted by Crippen LogP contribution is 2.26. The molecule has 1 N–H and O–H groups in total. The SMILES string of the molecule is CC(C)C1NC(C(C)C)N(CC2CCCS2(=O)=O)C1=O. The van der Waals surface area contributed by atoms with Crippen LogP contribution in [0.15, 0.2) is 0 Å². The van der Waals surface area contributed by atoms with Crippen LogP contribution in [-0.2, 0) is 14.6 Å². The van der Waals surface area contributed by atoms with E-state index in [-0.39, 0.29) is 41.0 Å². The zero-order chi connectivity index (χ0) is 15.1. The molecule has 20 heavy (non-hydrogen) atoms. The zero-order valence-corrected chi connectivity index (χ0v) is 13.6. The quantitative estimate of drug-likeness (QED) is 0.841. The van der Waals surface area contributed by atoms with Crippen molar-refractivity contribution in [1.29, 1.82) is 0 Å². The van der Waals surface area contributed by atoms with E-state index in [4.69, 9.17) is 0 Å². The van der Waals surface area contributed by atoms with E-state index in [1.807, 2.05) is 13.8 Å². The van der Waals surface area contributed by atoms with Crippen molar-refractivity contribution in [2.45, 2.75) is 58.0 Å². The molecule has 0 spiro atoms. The normalized spacial score (nSPS) is 33.6. The molecule has 2 heterocycles. The molecular weight excluding hydrogens is 276 g/mol. The lowest BCUT2D eigenvalue weighted by Gasteiger charge is -2.29. The molecule has 0 bridgehead atoms. The third kappa shape index (κ3) is 2.86. The van der Waals surface area contributed by atoms with Crippen LogP contribution in [0, 0.1) is 11.8 Å². The third-order valence-corrected chi connectivity index (χ3v) is 6.65. The van der Waals surface area contributed by atoms with Crippen LogP contribution in [0.2, 0.25) is 0 Å². The minimum atomic E-state index is -3.01. The van der Waals surface area contributed by atoms with Gasteiger partial charge in [0.1, 0.15) is 0 Å². The van der Waals surface area contributed by atoms with Gasteiger partial charge in [0.15, 0.2) is 9.84 Å². The fourth-order valence-corrected chi connectivity index (χ4v) is 4.99. The monoisotopic (exact) mass is 302 g/mol. The summed E-state index contributed by atoms with van der Waals surface area (Å²) in [5.74, 6) is 0.814. The van der Waals surface area contributed by atoms with E-state index in [2.05, 4.69) is 19.2 Å². The molecule has 2 aliphatic heterocycles. The summed E-state index contributed by atoms with van der Waals surface area (Å²) in [6.07, 6.45) is 1.36. The van der Waals surface area contributed by atoms with Gasteiger partial charge in [0.05, 0.1) is 23.2 Å². The van der Waals surface area contributed by atoms with Crippen molar-refractivity contribution in [2.24, 2.45) is 11.8 Å². The van der Waals surface area contributed by atoms with Gasteiger partial charge in [-0.05, 0) is 24.7 Å². The Bertz CT molecular complexity index is 473. The number of amides is 1. The first-order chi connectivity index (χ1) is 9.24. The average molecular weight is 302 g/mol. The Hall–Kier alpha value is -0.620. The summed E-state index contributed by atoms with van der Waals surface area (Å²) in [6, 6.07) is -0.188. The zero-order valence-electron chi connectivity index (χ0n) is 12.8. The summed E-state index contributed by atoms with van der Waals surface area (Å²) in [7, 11) is -3.01. The number of hydrogen-bond donors (Lipinski definition) is 1. The standard InChI is InChI=1S/C14H26N2O3S/c1-9(2)12-14(17)16(13(15-12)10(3)4)8-11-6-5-7-20(11,18)19/h9-13,15H,5-8H2,1-4H3. The lowest BCUT2D eigenvalue weighted by atomic mass is 10.0. The highest BCUT2D eigenvalue weighted by Gasteiger charge is 2.44. The number of nitrogens with one attached hydrogen (secondary N) is 1. The van der Waals surface area contributed by atoms with E-state index in [1.165, 1.54) is 0 Å². The minimum absolute atomic E-state index is 0.0503. The molecule has 0 saturated carbocycles. The van der Waals surface area contributed by atoms with Crippen LogP contribution < -0.4 is 5.32 Å². The molecule has 1 amide bonds. The molecule has 3 unspecified atom stereocenters. The van der Waals surface area contributed by atoms with Crippen molar-refractivity contribution in [1.82, 2.24) is 10.2 Å². The molecule has 3 atom stereocenters. The smallest absolute Gasteiger partial charge is 0.241 e. The van der Waals surface area contributed by atoms with Crippen molar-refractivity contribution in [3.63, 3.8) is 0 Å². The molecule has 0 radical (unpaired) electrons. The highest BCUT2D eigenvalue weighted by atomic mass is 32.2. The maximum absolute atomic E-state index is 12.5. The van der Waals surface area contributed by atoms with Crippen molar-refractivity contribution in [3.8, 4) is 0 Å². The molecule has 5 nitrogen and oxygen atoms in total. The van der Waals surface area contributed by atoms with E-state index in [0.29, 0.717) is 13.0 Å². The minimum Gasteiger partial charge on any atom is -0.324 e. The van der Waals surface area contributed by atoms with Crippen LogP contribution in [0.4, 0.5) is 0 Å². The Kier molecular flexibility index (Phi) is 4.44. The average Bonchev–Trinajstić information content (AvgIpc) is 2.82. The Balaban J connectivity index is 2.17. The van der Waals surface area contributed by atoms with Gasteiger partial charge in [-0.2, -0.15) is 0 Å². The Morgan fingerprint density at radius 1 is 1.25 bits per heavy atom. The van der Waals surface area contributed by atoms with Gasteiger partial charge in [-0.1, -0.05) is 27.7 Å². The fraction of sp³-hybridized carbons (Fsp3) is 0.929. The van der Waals surface area contributed by atoms with Crippen LogP contribution >= 0.6 is 0 Å². The third-order valence-electron chi connectivity index (χ3n) is 4.40. The second kappa shape index (κ2) is 5.64. The fourth-order valence-electron chi connectivity index (χ4n) is 3.18. The summed E-state index contributed by atoms with van der Waals surface area (Å²) >= 11 is 0. The van der Waals surface area contributed by atoms with E-state index < -0.39 is 9.84 Å². The summed E-state index contributed by atoms with van der Waals surface area (Å²) in [5.41, 5.74) is 0. The molecule has 0 aromatic heterocycles. The summed E-state index contributed by atoms with van der Waals surface area (Å²) in [6.45, 7) is 8.50. The molecular formula is C14H26N2O3S. The number of hydrogen-bond acceptors (Lipinski definition) is 4. The molecule has 2 aliphatic rings. The summed E-state index contributed by atoms with van der Waals surface area (Å²) in [4.78, 5) is 14.3. The second-order valence-electron chi connectivity index (χ2n) is 6.70. The molecule has 6 heteroatoms. The van der Waals surface area contributed by atoms with Crippen molar-refractivity contribution < 1.29 is 13.2 Å². The molecule has 0 aliphatic carbocycles. The van der Waals surface area contributed by atoms with Gasteiger partial charge in [0, 0.05) is 6.54 Å². The van der Waals surface area contributed by atoms with Gasteiger partial charge in [-0.25, -0.2) is 8.42 Å². The number of carbonyl (C=O) groups excluding carboxylic acids is 1. The Labute approximate surface area is 122 Å². The van der Waals surface area contributed by atoms with Gasteiger partial charge in [0.2, 0.25) is 5.91 Å².